The van der Waals surface area contributed by atoms with Gasteiger partial charge in [0.05, 0.1) is 16.7 Å². The minimum Gasteiger partial charge on any atom is -0.423 e. The Morgan fingerprint density at radius 2 is 1.60 bits per heavy atom. The molecule has 0 atom stereocenters. The molecule has 0 amide bonds. The Balaban J connectivity index is 1.24. The third-order valence-corrected chi connectivity index (χ3v) is 6.08. The average Bonchev–Trinajstić information content (AvgIpc) is 2.99. The van der Waals surface area contributed by atoms with Crippen LogP contribution in [-0.4, -0.2) is 45.1 Å². The summed E-state index contributed by atoms with van der Waals surface area (Å²) in [4.78, 5) is 38.4. The van der Waals surface area contributed by atoms with E-state index < -0.39 is 10.9 Å². The van der Waals surface area contributed by atoms with Gasteiger partial charge in [-0.05, 0) is 73.4 Å². The van der Waals surface area contributed by atoms with Crippen LogP contribution in [0.1, 0.15) is 35.2 Å². The van der Waals surface area contributed by atoms with Crippen LogP contribution in [0.4, 0.5) is 29.2 Å². The molecule has 0 unspecified atom stereocenters. The van der Waals surface area contributed by atoms with E-state index in [1.807, 2.05) is 30.3 Å². The number of rotatable bonds is 9. The van der Waals surface area contributed by atoms with Gasteiger partial charge in [0, 0.05) is 30.9 Å². The fourth-order valence-electron chi connectivity index (χ4n) is 4.03. The summed E-state index contributed by atoms with van der Waals surface area (Å²) in [5, 5.41) is 18.3. The van der Waals surface area contributed by atoms with Gasteiger partial charge in [0.1, 0.15) is 5.75 Å². The van der Waals surface area contributed by atoms with E-state index in [1.54, 1.807) is 30.5 Å². The van der Waals surface area contributed by atoms with Crippen molar-refractivity contribution < 1.29 is 14.5 Å². The Morgan fingerprint density at radius 3 is 2.30 bits per heavy atom. The average molecular weight is 539 g/mol. The highest BCUT2D eigenvalue weighted by atomic mass is 16.6. The van der Waals surface area contributed by atoms with Crippen LogP contribution in [0.5, 0.6) is 5.75 Å². The first-order valence-electron chi connectivity index (χ1n) is 12.7. The number of hydrazone groups is 1. The highest BCUT2D eigenvalue weighted by Crippen LogP contribution is 2.21. The zero-order valence-corrected chi connectivity index (χ0v) is 21.4. The van der Waals surface area contributed by atoms with Gasteiger partial charge in [-0.1, -0.05) is 18.2 Å². The highest BCUT2D eigenvalue weighted by molar-refractivity contribution is 5.91. The quantitative estimate of drug-likeness (QED) is 0.0960. The van der Waals surface area contributed by atoms with E-state index in [2.05, 4.69) is 35.7 Å². The summed E-state index contributed by atoms with van der Waals surface area (Å²) in [6.07, 6.45) is 4.97. The van der Waals surface area contributed by atoms with Gasteiger partial charge in [0.15, 0.2) is 0 Å². The third kappa shape index (κ3) is 6.92. The van der Waals surface area contributed by atoms with Gasteiger partial charge in [-0.15, -0.1) is 0 Å². The lowest BCUT2D eigenvalue weighted by molar-refractivity contribution is -0.384. The number of nitro benzene ring substituents is 1. The third-order valence-electron chi connectivity index (χ3n) is 6.08. The van der Waals surface area contributed by atoms with E-state index in [9.17, 15) is 14.9 Å². The number of esters is 1. The molecule has 0 bridgehead atoms. The molecule has 0 saturated carbocycles. The number of anilines is 4. The number of nitro groups is 1. The van der Waals surface area contributed by atoms with Gasteiger partial charge in [0.25, 0.3) is 5.69 Å². The summed E-state index contributed by atoms with van der Waals surface area (Å²) < 4.78 is 5.35. The number of aromatic nitrogens is 3. The van der Waals surface area contributed by atoms with Crippen LogP contribution in [0.3, 0.4) is 0 Å². The van der Waals surface area contributed by atoms with E-state index in [1.165, 1.54) is 30.7 Å². The summed E-state index contributed by atoms with van der Waals surface area (Å²) in [5.74, 6) is 1.02. The van der Waals surface area contributed by atoms with Crippen molar-refractivity contribution in [3.05, 3.63) is 100 Å². The topological polar surface area (TPSA) is 148 Å². The van der Waals surface area contributed by atoms with Crippen LogP contribution < -0.4 is 20.4 Å². The molecule has 2 heterocycles. The van der Waals surface area contributed by atoms with Gasteiger partial charge >= 0.3 is 5.97 Å². The van der Waals surface area contributed by atoms with E-state index >= 15 is 0 Å². The van der Waals surface area contributed by atoms with Crippen LogP contribution in [0.15, 0.2) is 84.0 Å². The summed E-state index contributed by atoms with van der Waals surface area (Å²) >= 11 is 0. The molecule has 1 aliphatic heterocycles. The molecular formula is C28H26N8O4. The van der Waals surface area contributed by atoms with Crippen molar-refractivity contribution in [3.63, 3.8) is 0 Å². The fourth-order valence-corrected chi connectivity index (χ4v) is 4.03. The molecular weight excluding hydrogens is 512 g/mol. The number of hydrogen-bond donors (Lipinski definition) is 2. The molecule has 0 radical (unpaired) electrons. The predicted molar refractivity (Wildman–Crippen MR) is 151 cm³/mol. The Hall–Kier alpha value is -5.39. The number of piperidine rings is 1. The van der Waals surface area contributed by atoms with Crippen LogP contribution in [0, 0.1) is 10.1 Å². The normalized spacial score (nSPS) is 13.2. The zero-order valence-electron chi connectivity index (χ0n) is 21.4. The molecule has 1 saturated heterocycles. The van der Waals surface area contributed by atoms with Crippen LogP contribution in [0.25, 0.3) is 0 Å². The monoisotopic (exact) mass is 538 g/mol. The lowest BCUT2D eigenvalue weighted by atomic mass is 10.1. The molecule has 40 heavy (non-hydrogen) atoms. The van der Waals surface area contributed by atoms with Crippen molar-refractivity contribution in [2.45, 2.75) is 19.3 Å². The summed E-state index contributed by atoms with van der Waals surface area (Å²) in [6, 6.07) is 21.6. The molecule has 4 aromatic rings. The van der Waals surface area contributed by atoms with E-state index in [0.29, 0.717) is 23.6 Å². The van der Waals surface area contributed by atoms with Crippen molar-refractivity contribution in [3.8, 4) is 5.75 Å². The lowest BCUT2D eigenvalue weighted by Crippen LogP contribution is -2.31. The van der Waals surface area contributed by atoms with Crippen molar-refractivity contribution in [1.82, 2.24) is 15.0 Å². The maximum absolute atomic E-state index is 12.3. The van der Waals surface area contributed by atoms with Gasteiger partial charge in [-0.3, -0.25) is 10.1 Å². The SMILES string of the molecule is O=C(Oc1ccc(/C=N\Nc2nc(Nc3ccccc3)nc(N3CCCCC3)n2)cc1)c1ccc([N+](=O)[O-])cc1. The molecule has 0 aliphatic carbocycles. The van der Waals surface area contributed by atoms with E-state index in [4.69, 9.17) is 4.74 Å². The van der Waals surface area contributed by atoms with Crippen molar-refractivity contribution >= 4 is 41.4 Å². The number of nitrogens with one attached hydrogen (secondary N) is 2. The number of carbonyl (C=O) groups is 1. The van der Waals surface area contributed by atoms with Gasteiger partial charge < -0.3 is 15.0 Å². The molecule has 202 valence electrons. The van der Waals surface area contributed by atoms with Crippen molar-refractivity contribution in [2.75, 3.05) is 28.7 Å². The van der Waals surface area contributed by atoms with E-state index in [-0.39, 0.29) is 11.3 Å². The highest BCUT2D eigenvalue weighted by Gasteiger charge is 2.16. The second-order valence-corrected chi connectivity index (χ2v) is 8.95. The lowest BCUT2D eigenvalue weighted by Gasteiger charge is -2.26. The molecule has 12 nitrogen and oxygen atoms in total. The molecule has 3 aromatic carbocycles. The number of non-ortho nitro benzene ring substituents is 1. The molecule has 1 aliphatic rings. The Labute approximate surface area is 229 Å². The van der Waals surface area contributed by atoms with E-state index in [0.717, 1.165) is 37.2 Å². The first-order valence-corrected chi connectivity index (χ1v) is 12.7. The van der Waals surface area contributed by atoms with Gasteiger partial charge in [-0.25, -0.2) is 10.2 Å². The first-order chi connectivity index (χ1) is 19.5. The summed E-state index contributed by atoms with van der Waals surface area (Å²) in [6.45, 7) is 1.78. The molecule has 12 heteroatoms. The number of nitrogens with zero attached hydrogens (tertiary/aromatic N) is 6. The first kappa shape index (κ1) is 26.2. The summed E-state index contributed by atoms with van der Waals surface area (Å²) in [5.41, 5.74) is 4.61. The van der Waals surface area contributed by atoms with Gasteiger partial charge in [-0.2, -0.15) is 20.1 Å². The zero-order chi connectivity index (χ0) is 27.7. The van der Waals surface area contributed by atoms with Crippen molar-refractivity contribution in [2.24, 2.45) is 5.10 Å². The minimum atomic E-state index is -0.614. The summed E-state index contributed by atoms with van der Waals surface area (Å²) in [7, 11) is 0. The number of para-hydroxylation sites is 1. The number of benzene rings is 3. The van der Waals surface area contributed by atoms with Crippen LogP contribution in [-0.2, 0) is 0 Å². The Morgan fingerprint density at radius 1 is 0.900 bits per heavy atom. The minimum absolute atomic E-state index is 0.0997. The molecule has 1 aromatic heterocycles. The van der Waals surface area contributed by atoms with Crippen LogP contribution in [0.2, 0.25) is 0 Å². The molecule has 2 N–H and O–H groups in total. The number of carbonyl (C=O) groups excluding carboxylic acids is 1. The molecule has 0 spiro atoms. The smallest absolute Gasteiger partial charge is 0.343 e. The number of ether oxygens (including phenoxy) is 1. The largest absolute Gasteiger partial charge is 0.423 e. The standard InChI is InChI=1S/C28H26N8O4/c37-25(21-11-13-23(14-12-21)36(38)39)40-24-15-9-20(10-16-24)19-29-34-27-31-26(30-22-7-3-1-4-8-22)32-28(33-27)35-17-5-2-6-18-35/h1,3-4,7-16,19H,2,5-6,17-18H2,(H2,30,31,32,33,34)/b29-19-. The molecule has 1 fully saturated rings. The fraction of sp³-hybridized carbons (Fsp3) is 0.179. The van der Waals surface area contributed by atoms with Gasteiger partial charge in [0.2, 0.25) is 17.8 Å². The maximum Gasteiger partial charge on any atom is 0.343 e. The Bertz CT molecular complexity index is 1490. The molecule has 5 rings (SSSR count). The predicted octanol–water partition coefficient (Wildman–Crippen LogP) is 5.18. The second kappa shape index (κ2) is 12.4. The van der Waals surface area contributed by atoms with Crippen molar-refractivity contribution in [1.29, 1.82) is 0 Å². The Kier molecular flexibility index (Phi) is 8.15. The number of hydrogen-bond acceptors (Lipinski definition) is 11. The second-order valence-electron chi connectivity index (χ2n) is 8.95. The van der Waals surface area contributed by atoms with Crippen LogP contribution >= 0.6 is 0 Å². The maximum atomic E-state index is 12.3.